The third-order valence-corrected chi connectivity index (χ3v) is 5.40. The van der Waals surface area contributed by atoms with Gasteiger partial charge in [0.2, 0.25) is 0 Å². The van der Waals surface area contributed by atoms with Crippen molar-refractivity contribution >= 4 is 52.4 Å². The number of pyridine rings is 1. The van der Waals surface area contributed by atoms with Gasteiger partial charge in [-0.3, -0.25) is 19.5 Å². The number of halogens is 2. The van der Waals surface area contributed by atoms with E-state index in [1.807, 2.05) is 13.8 Å². The number of aromatic nitrogens is 1. The summed E-state index contributed by atoms with van der Waals surface area (Å²) >= 11 is 13.7. The van der Waals surface area contributed by atoms with E-state index in [-0.39, 0.29) is 23.6 Å². The lowest BCUT2D eigenvalue weighted by Crippen LogP contribution is -2.31. The first kappa shape index (κ1) is 19.0. The number of hydrogen-bond donors (Lipinski definition) is 0. The molecule has 2 heterocycles. The Balaban J connectivity index is 2.04. The van der Waals surface area contributed by atoms with Crippen LogP contribution in [0.25, 0.3) is 5.57 Å². The van der Waals surface area contributed by atoms with Crippen LogP contribution in [0.15, 0.2) is 47.6 Å². The molecule has 1 aliphatic rings. The number of carbonyl (C=O) groups excluding carboxylic acids is 2. The molecule has 0 bridgehead atoms. The molecule has 1 aliphatic heterocycles. The maximum absolute atomic E-state index is 13.1. The van der Waals surface area contributed by atoms with Gasteiger partial charge in [0, 0.05) is 28.2 Å². The molecule has 4 nitrogen and oxygen atoms in total. The lowest BCUT2D eigenvalue weighted by molar-refractivity contribution is -0.137. The molecule has 2 aromatic rings. The Kier molecular flexibility index (Phi) is 5.70. The van der Waals surface area contributed by atoms with Crippen molar-refractivity contribution in [3.8, 4) is 0 Å². The molecule has 134 valence electrons. The van der Waals surface area contributed by atoms with Gasteiger partial charge in [0.25, 0.3) is 11.8 Å². The van der Waals surface area contributed by atoms with Crippen molar-refractivity contribution in [1.29, 1.82) is 0 Å². The predicted octanol–water partition coefficient (Wildman–Crippen LogP) is 4.81. The van der Waals surface area contributed by atoms with Gasteiger partial charge in [-0.2, -0.15) is 0 Å². The molecule has 0 unspecified atom stereocenters. The van der Waals surface area contributed by atoms with Gasteiger partial charge in [-0.25, -0.2) is 0 Å². The van der Waals surface area contributed by atoms with Crippen LogP contribution in [0.3, 0.4) is 0 Å². The van der Waals surface area contributed by atoms with Crippen molar-refractivity contribution in [2.45, 2.75) is 25.6 Å². The molecule has 7 heteroatoms. The summed E-state index contributed by atoms with van der Waals surface area (Å²) in [5.41, 5.74) is 1.69. The topological polar surface area (TPSA) is 50.3 Å². The number of thioether (sulfide) groups is 1. The van der Waals surface area contributed by atoms with Crippen molar-refractivity contribution in [3.05, 3.63) is 68.8 Å². The molecule has 0 saturated heterocycles. The minimum atomic E-state index is -0.348. The molecule has 1 aromatic heterocycles. The highest BCUT2D eigenvalue weighted by Crippen LogP contribution is 2.41. The number of rotatable bonds is 5. The van der Waals surface area contributed by atoms with Gasteiger partial charge in [0.15, 0.2) is 0 Å². The molecule has 0 spiro atoms. The highest BCUT2D eigenvalue weighted by molar-refractivity contribution is 8.04. The first-order chi connectivity index (χ1) is 12.4. The third kappa shape index (κ3) is 3.80. The van der Waals surface area contributed by atoms with Crippen LogP contribution in [0.2, 0.25) is 10.0 Å². The monoisotopic (exact) mass is 406 g/mol. The second-order valence-electron chi connectivity index (χ2n) is 6.05. The molecule has 0 radical (unpaired) electrons. The van der Waals surface area contributed by atoms with Crippen LogP contribution >= 0.6 is 35.0 Å². The number of nitrogens with zero attached hydrogens (tertiary/aromatic N) is 2. The summed E-state index contributed by atoms with van der Waals surface area (Å²) in [5, 5.41) is 0.966. The van der Waals surface area contributed by atoms with Gasteiger partial charge >= 0.3 is 0 Å². The van der Waals surface area contributed by atoms with Crippen LogP contribution in [0.5, 0.6) is 0 Å². The fourth-order valence-electron chi connectivity index (χ4n) is 2.64. The van der Waals surface area contributed by atoms with Crippen molar-refractivity contribution in [3.63, 3.8) is 0 Å². The average Bonchev–Trinajstić information content (AvgIpc) is 2.80. The number of amides is 2. The Labute approximate surface area is 166 Å². The van der Waals surface area contributed by atoms with Gasteiger partial charge in [-0.15, -0.1) is 11.8 Å². The summed E-state index contributed by atoms with van der Waals surface area (Å²) in [5.74, 6) is -0.647. The fourth-order valence-corrected chi connectivity index (χ4v) is 4.14. The molecular formula is C19H16Cl2N2O2S. The molecule has 3 rings (SSSR count). The lowest BCUT2D eigenvalue weighted by atomic mass is 10.1. The Morgan fingerprint density at radius 3 is 2.38 bits per heavy atom. The van der Waals surface area contributed by atoms with Crippen molar-refractivity contribution < 1.29 is 9.59 Å². The largest absolute Gasteiger partial charge is 0.269 e. The van der Waals surface area contributed by atoms with Crippen LogP contribution in [0.4, 0.5) is 0 Å². The van der Waals surface area contributed by atoms with Crippen molar-refractivity contribution in [2.24, 2.45) is 0 Å². The minimum Gasteiger partial charge on any atom is -0.269 e. The molecule has 0 fully saturated rings. The smallest absolute Gasteiger partial charge is 0.268 e. The maximum atomic E-state index is 13.1. The number of carbonyl (C=O) groups is 2. The molecule has 0 atom stereocenters. The summed E-state index contributed by atoms with van der Waals surface area (Å²) in [7, 11) is 0. The highest BCUT2D eigenvalue weighted by Gasteiger charge is 2.40. The van der Waals surface area contributed by atoms with E-state index < -0.39 is 0 Å². The zero-order chi connectivity index (χ0) is 18.8. The van der Waals surface area contributed by atoms with Crippen LogP contribution in [0, 0.1) is 0 Å². The summed E-state index contributed by atoms with van der Waals surface area (Å²) in [6.07, 6.45) is 3.27. The average molecular weight is 407 g/mol. The number of benzene rings is 1. The third-order valence-electron chi connectivity index (χ3n) is 3.77. The molecule has 0 saturated carbocycles. The van der Waals surface area contributed by atoms with E-state index in [0.717, 1.165) is 5.56 Å². The Hall–Kier alpha value is -1.82. The summed E-state index contributed by atoms with van der Waals surface area (Å²) in [6.45, 7) is 4.14. The van der Waals surface area contributed by atoms with Gasteiger partial charge in [0.1, 0.15) is 0 Å². The molecule has 1 aromatic carbocycles. The Morgan fingerprint density at radius 2 is 1.77 bits per heavy atom. The first-order valence-electron chi connectivity index (χ1n) is 8.00. The molecule has 2 amide bonds. The Morgan fingerprint density at radius 1 is 1.08 bits per heavy atom. The predicted molar refractivity (Wildman–Crippen MR) is 106 cm³/mol. The zero-order valence-electron chi connectivity index (χ0n) is 14.2. The van der Waals surface area contributed by atoms with Crippen LogP contribution in [-0.2, 0) is 16.1 Å². The van der Waals surface area contributed by atoms with E-state index in [4.69, 9.17) is 23.2 Å². The van der Waals surface area contributed by atoms with E-state index in [1.165, 1.54) is 16.7 Å². The summed E-state index contributed by atoms with van der Waals surface area (Å²) < 4.78 is 0. The number of hydrogen-bond acceptors (Lipinski definition) is 4. The number of imide groups is 1. The second kappa shape index (κ2) is 7.82. The standard InChI is InChI=1S/C19H16Cl2N2O2S/c1-11(2)26-17-16(14-4-3-13(20)9-15(14)21)18(24)23(19(17)25)10-12-5-7-22-8-6-12/h3-9,11H,10H2,1-2H3. The van der Waals surface area contributed by atoms with E-state index in [9.17, 15) is 9.59 Å². The lowest BCUT2D eigenvalue weighted by Gasteiger charge is -2.15. The van der Waals surface area contributed by atoms with E-state index >= 15 is 0 Å². The summed E-state index contributed by atoms with van der Waals surface area (Å²) in [6, 6.07) is 8.48. The van der Waals surface area contributed by atoms with Gasteiger partial charge in [-0.1, -0.05) is 43.1 Å². The fraction of sp³-hybridized carbons (Fsp3) is 0.211. The quantitative estimate of drug-likeness (QED) is 0.668. The highest BCUT2D eigenvalue weighted by atomic mass is 35.5. The van der Waals surface area contributed by atoms with E-state index in [2.05, 4.69) is 4.98 Å². The normalized spacial score (nSPS) is 14.7. The maximum Gasteiger partial charge on any atom is 0.268 e. The van der Waals surface area contributed by atoms with Crippen molar-refractivity contribution in [2.75, 3.05) is 0 Å². The van der Waals surface area contributed by atoms with E-state index in [0.29, 0.717) is 26.1 Å². The molecule has 26 heavy (non-hydrogen) atoms. The Bertz CT molecular complexity index is 898. The van der Waals surface area contributed by atoms with Crippen LogP contribution in [0.1, 0.15) is 25.0 Å². The zero-order valence-corrected chi connectivity index (χ0v) is 16.5. The SMILES string of the molecule is CC(C)SC1=C(c2ccc(Cl)cc2Cl)C(=O)N(Cc2ccncc2)C1=O. The van der Waals surface area contributed by atoms with Crippen LogP contribution < -0.4 is 0 Å². The molecule has 0 N–H and O–H groups in total. The van der Waals surface area contributed by atoms with Crippen LogP contribution in [-0.4, -0.2) is 26.9 Å². The molecular weight excluding hydrogens is 391 g/mol. The first-order valence-corrected chi connectivity index (χ1v) is 9.63. The van der Waals surface area contributed by atoms with Gasteiger partial charge in [-0.05, 0) is 29.8 Å². The van der Waals surface area contributed by atoms with E-state index in [1.54, 1.807) is 42.7 Å². The van der Waals surface area contributed by atoms with Crippen molar-refractivity contribution in [1.82, 2.24) is 9.88 Å². The minimum absolute atomic E-state index is 0.142. The van der Waals surface area contributed by atoms with Gasteiger partial charge < -0.3 is 0 Å². The second-order valence-corrected chi connectivity index (χ2v) is 8.48. The molecule has 0 aliphatic carbocycles. The summed E-state index contributed by atoms with van der Waals surface area (Å²) in [4.78, 5) is 31.7. The van der Waals surface area contributed by atoms with Gasteiger partial charge in [0.05, 0.1) is 22.0 Å².